The van der Waals surface area contributed by atoms with Crippen molar-refractivity contribution in [1.82, 2.24) is 5.32 Å². The van der Waals surface area contributed by atoms with Crippen molar-refractivity contribution in [2.45, 2.75) is 31.7 Å². The lowest BCUT2D eigenvalue weighted by Gasteiger charge is -2.34. The Hall–Kier alpha value is -1.91. The van der Waals surface area contributed by atoms with E-state index < -0.39 is 0 Å². The second-order valence-electron chi connectivity index (χ2n) is 6.76. The van der Waals surface area contributed by atoms with E-state index in [9.17, 15) is 4.79 Å². The van der Waals surface area contributed by atoms with Crippen molar-refractivity contribution < 1.29 is 9.53 Å². The zero-order chi connectivity index (χ0) is 19.2. The van der Waals surface area contributed by atoms with Gasteiger partial charge in [0.1, 0.15) is 5.75 Å². The van der Waals surface area contributed by atoms with Gasteiger partial charge in [-0.1, -0.05) is 29.3 Å². The second-order valence-corrected chi connectivity index (χ2v) is 7.61. The molecule has 4 nitrogen and oxygen atoms in total. The van der Waals surface area contributed by atoms with Crippen molar-refractivity contribution in [1.29, 1.82) is 0 Å². The number of hydrogen-bond acceptors (Lipinski definition) is 3. The van der Waals surface area contributed by atoms with E-state index >= 15 is 0 Å². The topological polar surface area (TPSA) is 41.6 Å². The van der Waals surface area contributed by atoms with Crippen LogP contribution in [0.25, 0.3) is 0 Å². The Morgan fingerprint density at radius 3 is 2.48 bits per heavy atom. The maximum atomic E-state index is 12.3. The van der Waals surface area contributed by atoms with E-state index in [1.807, 2.05) is 18.2 Å². The van der Waals surface area contributed by atoms with E-state index in [1.54, 1.807) is 19.2 Å². The van der Waals surface area contributed by atoms with E-state index in [-0.39, 0.29) is 11.9 Å². The van der Waals surface area contributed by atoms with Gasteiger partial charge in [0.15, 0.2) is 0 Å². The minimum atomic E-state index is 0.0731. The number of ether oxygens (including phenoxy) is 1. The van der Waals surface area contributed by atoms with Gasteiger partial charge in [-0.15, -0.1) is 0 Å². The van der Waals surface area contributed by atoms with E-state index in [2.05, 4.69) is 22.3 Å². The van der Waals surface area contributed by atoms with E-state index in [0.717, 1.165) is 37.2 Å². The van der Waals surface area contributed by atoms with E-state index in [1.165, 1.54) is 5.69 Å². The molecule has 0 atom stereocenters. The molecule has 0 unspecified atom stereocenters. The van der Waals surface area contributed by atoms with Crippen molar-refractivity contribution in [2.24, 2.45) is 0 Å². The fraction of sp³-hybridized carbons (Fsp3) is 0.381. The number of amides is 1. The maximum Gasteiger partial charge on any atom is 0.220 e. The van der Waals surface area contributed by atoms with Crippen molar-refractivity contribution in [3.8, 4) is 5.75 Å². The fourth-order valence-corrected chi connectivity index (χ4v) is 3.85. The first kappa shape index (κ1) is 19.8. The molecule has 1 N–H and O–H groups in total. The summed E-state index contributed by atoms with van der Waals surface area (Å²) < 4.78 is 5.20. The van der Waals surface area contributed by atoms with E-state index in [0.29, 0.717) is 22.9 Å². The summed E-state index contributed by atoms with van der Waals surface area (Å²) in [5, 5.41) is 4.38. The molecule has 2 aromatic carbocycles. The lowest BCUT2D eigenvalue weighted by molar-refractivity contribution is -0.121. The summed E-state index contributed by atoms with van der Waals surface area (Å²) in [7, 11) is 1.67. The molecule has 144 valence electrons. The molecule has 1 aliphatic heterocycles. The second kappa shape index (κ2) is 9.34. The number of carbonyl (C=O) groups excluding carboxylic acids is 1. The minimum Gasteiger partial charge on any atom is -0.497 e. The molecular formula is C21H24Cl2N2O2. The van der Waals surface area contributed by atoms with Crippen LogP contribution in [0.1, 0.15) is 24.8 Å². The van der Waals surface area contributed by atoms with Gasteiger partial charge in [0.05, 0.1) is 7.11 Å². The quantitative estimate of drug-likeness (QED) is 0.754. The van der Waals surface area contributed by atoms with Gasteiger partial charge in [-0.25, -0.2) is 0 Å². The molecule has 1 saturated heterocycles. The number of methoxy groups -OCH3 is 1. The Labute approximate surface area is 170 Å². The zero-order valence-corrected chi connectivity index (χ0v) is 16.9. The third-order valence-electron chi connectivity index (χ3n) is 4.93. The monoisotopic (exact) mass is 406 g/mol. The van der Waals surface area contributed by atoms with Gasteiger partial charge in [-0.2, -0.15) is 0 Å². The SMILES string of the molecule is COc1ccc(N2CCC(NC(=O)CCc3ccc(Cl)cc3Cl)CC2)cc1. The van der Waals surface area contributed by atoms with Crippen LogP contribution in [-0.2, 0) is 11.2 Å². The fourth-order valence-electron chi connectivity index (χ4n) is 3.35. The molecule has 1 aliphatic rings. The highest BCUT2D eigenvalue weighted by molar-refractivity contribution is 6.35. The van der Waals surface area contributed by atoms with Crippen LogP contribution in [0.3, 0.4) is 0 Å². The Morgan fingerprint density at radius 2 is 1.85 bits per heavy atom. The number of nitrogens with one attached hydrogen (secondary N) is 1. The molecule has 0 spiro atoms. The molecule has 1 heterocycles. The van der Waals surface area contributed by atoms with Crippen molar-refractivity contribution in [3.05, 3.63) is 58.1 Å². The largest absolute Gasteiger partial charge is 0.497 e. The Morgan fingerprint density at radius 1 is 1.15 bits per heavy atom. The highest BCUT2D eigenvalue weighted by Crippen LogP contribution is 2.24. The van der Waals surface area contributed by atoms with Crippen LogP contribution in [0.5, 0.6) is 5.75 Å². The molecule has 1 amide bonds. The normalized spacial score (nSPS) is 14.9. The number of rotatable bonds is 6. The number of carbonyl (C=O) groups is 1. The number of nitrogens with zero attached hydrogens (tertiary/aromatic N) is 1. The lowest BCUT2D eigenvalue weighted by atomic mass is 10.0. The molecule has 6 heteroatoms. The van der Waals surface area contributed by atoms with Crippen molar-refractivity contribution in [3.63, 3.8) is 0 Å². The first-order valence-corrected chi connectivity index (χ1v) is 9.93. The number of aryl methyl sites for hydroxylation is 1. The number of piperidine rings is 1. The van der Waals surface area contributed by atoms with Gasteiger partial charge < -0.3 is 15.0 Å². The van der Waals surface area contributed by atoms with Crippen molar-refractivity contribution in [2.75, 3.05) is 25.1 Å². The third-order valence-corrected chi connectivity index (χ3v) is 5.52. The summed E-state index contributed by atoms with van der Waals surface area (Å²) in [6.45, 7) is 1.86. The smallest absolute Gasteiger partial charge is 0.220 e. The third kappa shape index (κ3) is 5.53. The summed E-state index contributed by atoms with van der Waals surface area (Å²) in [5.41, 5.74) is 2.14. The first-order valence-electron chi connectivity index (χ1n) is 9.17. The molecule has 27 heavy (non-hydrogen) atoms. The van der Waals surface area contributed by atoms with Gasteiger partial charge in [0.2, 0.25) is 5.91 Å². The molecule has 0 bridgehead atoms. The Balaban J connectivity index is 1.43. The van der Waals surface area contributed by atoms with E-state index in [4.69, 9.17) is 27.9 Å². The zero-order valence-electron chi connectivity index (χ0n) is 15.4. The molecule has 1 fully saturated rings. The number of hydrogen-bond donors (Lipinski definition) is 1. The lowest BCUT2D eigenvalue weighted by Crippen LogP contribution is -2.44. The number of anilines is 1. The van der Waals surface area contributed by atoms with Crippen LogP contribution in [0.2, 0.25) is 10.0 Å². The molecule has 0 aliphatic carbocycles. The Kier molecular flexibility index (Phi) is 6.86. The highest BCUT2D eigenvalue weighted by atomic mass is 35.5. The predicted octanol–water partition coefficient (Wildman–Crippen LogP) is 4.72. The molecule has 0 radical (unpaired) electrons. The molecular weight excluding hydrogens is 383 g/mol. The average molecular weight is 407 g/mol. The molecule has 0 saturated carbocycles. The Bertz CT molecular complexity index is 772. The van der Waals surface area contributed by atoms with Gasteiger partial charge >= 0.3 is 0 Å². The number of benzene rings is 2. The summed E-state index contributed by atoms with van der Waals surface area (Å²) in [6, 6.07) is 13.7. The average Bonchev–Trinajstić information content (AvgIpc) is 2.68. The summed E-state index contributed by atoms with van der Waals surface area (Å²) in [5.74, 6) is 0.936. The van der Waals surface area contributed by atoms with Crippen LogP contribution >= 0.6 is 23.2 Å². The van der Waals surface area contributed by atoms with Gasteiger partial charge in [0.25, 0.3) is 0 Å². The summed E-state index contributed by atoms with van der Waals surface area (Å²) in [6.07, 6.45) is 2.94. The first-order chi connectivity index (χ1) is 13.0. The molecule has 0 aromatic heterocycles. The van der Waals surface area contributed by atoms with Gasteiger partial charge in [-0.3, -0.25) is 4.79 Å². The summed E-state index contributed by atoms with van der Waals surface area (Å²) in [4.78, 5) is 14.6. The van der Waals surface area contributed by atoms with Gasteiger partial charge in [-0.05, 0) is 61.2 Å². The minimum absolute atomic E-state index is 0.0731. The predicted molar refractivity (Wildman–Crippen MR) is 111 cm³/mol. The van der Waals surface area contributed by atoms with Crippen LogP contribution in [0, 0.1) is 0 Å². The highest BCUT2D eigenvalue weighted by Gasteiger charge is 2.21. The molecule has 3 rings (SSSR count). The van der Waals surface area contributed by atoms with Crippen LogP contribution in [0.4, 0.5) is 5.69 Å². The molecule has 2 aromatic rings. The maximum absolute atomic E-state index is 12.3. The summed E-state index contributed by atoms with van der Waals surface area (Å²) >= 11 is 12.1. The van der Waals surface area contributed by atoms with Crippen molar-refractivity contribution >= 4 is 34.8 Å². The van der Waals surface area contributed by atoms with Crippen LogP contribution < -0.4 is 15.0 Å². The van der Waals surface area contributed by atoms with Crippen LogP contribution in [-0.4, -0.2) is 32.1 Å². The van der Waals surface area contributed by atoms with Gasteiger partial charge in [0, 0.05) is 41.3 Å². The standard InChI is InChI=1S/C21H24Cl2N2O2/c1-27-19-7-5-18(6-8-19)25-12-10-17(11-13-25)24-21(26)9-3-15-2-4-16(22)14-20(15)23/h2,4-8,14,17H,3,9-13H2,1H3,(H,24,26). The van der Waals surface area contributed by atoms with Crippen LogP contribution in [0.15, 0.2) is 42.5 Å². The number of halogens is 2.